The molecular weight excluding hydrogens is 395 g/mol. The smallest absolute Gasteiger partial charge is 0.258 e. The zero-order valence-electron chi connectivity index (χ0n) is 14.2. The Labute approximate surface area is 161 Å². The Morgan fingerprint density at radius 1 is 1.22 bits per heavy atom. The molecule has 0 aliphatic carbocycles. The highest BCUT2D eigenvalue weighted by atomic mass is 35.5. The quantitative estimate of drug-likeness (QED) is 0.763. The van der Waals surface area contributed by atoms with E-state index in [1.807, 2.05) is 0 Å². The summed E-state index contributed by atoms with van der Waals surface area (Å²) in [6.07, 6.45) is 1.49. The number of halogens is 2. The van der Waals surface area contributed by atoms with Crippen molar-refractivity contribution in [1.29, 1.82) is 0 Å². The van der Waals surface area contributed by atoms with Crippen molar-refractivity contribution in [1.82, 2.24) is 4.72 Å². The molecule has 1 saturated heterocycles. The molecule has 2 aromatic carbocycles. The first kappa shape index (κ1) is 19.8. The van der Waals surface area contributed by atoms with Gasteiger partial charge in [-0.1, -0.05) is 11.6 Å². The molecule has 1 amide bonds. The molecule has 144 valence electrons. The highest BCUT2D eigenvalue weighted by Gasteiger charge is 2.22. The number of anilines is 1. The third-order valence-electron chi connectivity index (χ3n) is 4.12. The molecule has 9 heteroatoms. The minimum Gasteiger partial charge on any atom is -0.377 e. The van der Waals surface area contributed by atoms with Crippen LogP contribution in [0, 0.1) is 5.82 Å². The second-order valence-corrected chi connectivity index (χ2v) is 8.29. The zero-order valence-corrected chi connectivity index (χ0v) is 15.8. The van der Waals surface area contributed by atoms with Gasteiger partial charge in [-0.15, -0.1) is 0 Å². The number of nitrogens with one attached hydrogen (secondary N) is 2. The van der Waals surface area contributed by atoms with Crippen LogP contribution in [0.3, 0.4) is 0 Å². The number of carbonyl (C=O) groups excluding carboxylic acids is 1. The van der Waals surface area contributed by atoms with E-state index in [-0.39, 0.29) is 23.1 Å². The highest BCUT2D eigenvalue weighted by Crippen LogP contribution is 2.19. The van der Waals surface area contributed by atoms with Crippen molar-refractivity contribution in [3.63, 3.8) is 0 Å². The molecule has 0 aromatic heterocycles. The Hall–Kier alpha value is -2.00. The van der Waals surface area contributed by atoms with Crippen LogP contribution in [0.25, 0.3) is 0 Å². The number of benzene rings is 2. The van der Waals surface area contributed by atoms with Crippen LogP contribution in [0.4, 0.5) is 10.1 Å². The predicted octanol–water partition coefficient (Wildman–Crippen LogP) is 3.19. The molecule has 1 unspecified atom stereocenters. The monoisotopic (exact) mass is 412 g/mol. The van der Waals surface area contributed by atoms with Gasteiger partial charge in [0, 0.05) is 23.9 Å². The van der Waals surface area contributed by atoms with E-state index in [9.17, 15) is 17.6 Å². The second-order valence-electron chi connectivity index (χ2n) is 6.09. The number of amides is 1. The third-order valence-corrected chi connectivity index (χ3v) is 5.79. The summed E-state index contributed by atoms with van der Waals surface area (Å²) in [5.74, 6) is -1.58. The van der Waals surface area contributed by atoms with Gasteiger partial charge in [0.1, 0.15) is 5.82 Å². The van der Waals surface area contributed by atoms with Gasteiger partial charge in [-0.2, -0.15) is 0 Å². The third kappa shape index (κ3) is 5.04. The summed E-state index contributed by atoms with van der Waals surface area (Å²) in [7, 11) is -3.89. The van der Waals surface area contributed by atoms with Crippen LogP contribution in [-0.2, 0) is 14.8 Å². The van der Waals surface area contributed by atoms with Crippen molar-refractivity contribution in [2.24, 2.45) is 0 Å². The summed E-state index contributed by atoms with van der Waals surface area (Å²) in [6.45, 7) is 0.740. The van der Waals surface area contributed by atoms with Crippen molar-refractivity contribution in [2.75, 3.05) is 18.5 Å². The topological polar surface area (TPSA) is 84.5 Å². The van der Waals surface area contributed by atoms with Gasteiger partial charge in [-0.25, -0.2) is 17.5 Å². The summed E-state index contributed by atoms with van der Waals surface area (Å²) in [6, 6.07) is 9.35. The molecule has 27 heavy (non-hydrogen) atoms. The Morgan fingerprint density at radius 2 is 1.96 bits per heavy atom. The van der Waals surface area contributed by atoms with Gasteiger partial charge in [-0.05, 0) is 55.3 Å². The molecule has 1 atom stereocenters. The van der Waals surface area contributed by atoms with Crippen molar-refractivity contribution in [2.45, 2.75) is 23.8 Å². The van der Waals surface area contributed by atoms with E-state index in [1.165, 1.54) is 0 Å². The van der Waals surface area contributed by atoms with Gasteiger partial charge in [-0.3, -0.25) is 4.79 Å². The summed E-state index contributed by atoms with van der Waals surface area (Å²) in [4.78, 5) is 12.2. The van der Waals surface area contributed by atoms with Crippen molar-refractivity contribution in [3.8, 4) is 0 Å². The maximum atomic E-state index is 14.1. The minimum atomic E-state index is -3.89. The van der Waals surface area contributed by atoms with Crippen LogP contribution in [0.1, 0.15) is 23.2 Å². The van der Waals surface area contributed by atoms with Crippen LogP contribution < -0.4 is 10.0 Å². The lowest BCUT2D eigenvalue weighted by Gasteiger charge is -2.12. The van der Waals surface area contributed by atoms with Crippen LogP contribution in [0.5, 0.6) is 0 Å². The lowest BCUT2D eigenvalue weighted by atomic mass is 10.2. The Bertz CT molecular complexity index is 929. The average Bonchev–Trinajstić information content (AvgIpc) is 3.16. The number of hydrogen-bond donors (Lipinski definition) is 2. The maximum Gasteiger partial charge on any atom is 0.258 e. The van der Waals surface area contributed by atoms with Crippen LogP contribution in [0.15, 0.2) is 47.4 Å². The van der Waals surface area contributed by atoms with Gasteiger partial charge in [0.2, 0.25) is 10.0 Å². The van der Waals surface area contributed by atoms with Crippen molar-refractivity contribution in [3.05, 3.63) is 58.9 Å². The lowest BCUT2D eigenvalue weighted by molar-refractivity contribution is 0.102. The fourth-order valence-corrected chi connectivity index (χ4v) is 3.89. The van der Waals surface area contributed by atoms with Gasteiger partial charge in [0.05, 0.1) is 16.6 Å². The molecule has 1 heterocycles. The molecule has 0 saturated carbocycles. The molecule has 0 radical (unpaired) electrons. The summed E-state index contributed by atoms with van der Waals surface area (Å²) < 4.78 is 46.8. The molecule has 6 nitrogen and oxygen atoms in total. The average molecular weight is 413 g/mol. The molecule has 0 spiro atoms. The molecule has 3 rings (SSSR count). The first-order chi connectivity index (χ1) is 12.8. The highest BCUT2D eigenvalue weighted by molar-refractivity contribution is 7.89. The fourth-order valence-electron chi connectivity index (χ4n) is 2.67. The fraction of sp³-hybridized carbons (Fsp3) is 0.278. The lowest BCUT2D eigenvalue weighted by Crippen LogP contribution is -2.32. The van der Waals surface area contributed by atoms with Gasteiger partial charge in [0.25, 0.3) is 5.91 Å². The Kier molecular flexibility index (Phi) is 6.11. The largest absolute Gasteiger partial charge is 0.377 e. The summed E-state index contributed by atoms with van der Waals surface area (Å²) in [5, 5.41) is 3.00. The zero-order chi connectivity index (χ0) is 19.4. The molecule has 0 bridgehead atoms. The first-order valence-electron chi connectivity index (χ1n) is 8.33. The predicted molar refractivity (Wildman–Crippen MR) is 100.0 cm³/mol. The number of carbonyl (C=O) groups is 1. The number of sulfonamides is 1. The van der Waals surface area contributed by atoms with E-state index in [2.05, 4.69) is 10.0 Å². The van der Waals surface area contributed by atoms with Gasteiger partial charge < -0.3 is 10.1 Å². The van der Waals surface area contributed by atoms with Crippen molar-refractivity contribution >= 4 is 33.2 Å². The van der Waals surface area contributed by atoms with Crippen LogP contribution >= 0.6 is 11.6 Å². The Morgan fingerprint density at radius 3 is 2.63 bits per heavy atom. The number of hydrogen-bond acceptors (Lipinski definition) is 4. The Balaban J connectivity index is 1.76. The van der Waals surface area contributed by atoms with E-state index >= 15 is 0 Å². The normalized spacial score (nSPS) is 17.0. The molecule has 2 N–H and O–H groups in total. The number of ether oxygens (including phenoxy) is 1. The van der Waals surface area contributed by atoms with E-state index in [4.69, 9.17) is 16.3 Å². The molecule has 1 aliphatic rings. The van der Waals surface area contributed by atoms with Gasteiger partial charge in [0.15, 0.2) is 0 Å². The first-order valence-corrected chi connectivity index (χ1v) is 10.2. The number of rotatable bonds is 6. The van der Waals surface area contributed by atoms with Crippen LogP contribution in [0.2, 0.25) is 5.02 Å². The minimum absolute atomic E-state index is 0.131. The second kappa shape index (κ2) is 8.35. The standard InChI is InChI=1S/C18H18ClFN2O4S/c19-12-3-5-13(6-4-12)22-18(23)16-10-15(7-8-17(16)20)27(24,25)21-11-14-2-1-9-26-14/h3-8,10,14,21H,1-2,9,11H2,(H,22,23). The SMILES string of the molecule is O=C(Nc1ccc(Cl)cc1)c1cc(S(=O)(=O)NCC2CCCO2)ccc1F. The van der Waals surface area contributed by atoms with E-state index < -0.39 is 21.7 Å². The summed E-state index contributed by atoms with van der Waals surface area (Å²) >= 11 is 5.78. The van der Waals surface area contributed by atoms with Crippen molar-refractivity contribution < 1.29 is 22.3 Å². The molecule has 2 aromatic rings. The molecule has 1 fully saturated rings. The molecule has 1 aliphatic heterocycles. The van der Waals surface area contributed by atoms with E-state index in [0.717, 1.165) is 31.0 Å². The molecular formula is C18H18ClFN2O4S. The van der Waals surface area contributed by atoms with E-state index in [0.29, 0.717) is 17.3 Å². The van der Waals surface area contributed by atoms with Gasteiger partial charge >= 0.3 is 0 Å². The van der Waals surface area contributed by atoms with Crippen LogP contribution in [-0.4, -0.2) is 33.6 Å². The maximum absolute atomic E-state index is 14.1. The summed E-state index contributed by atoms with van der Waals surface area (Å²) in [5.41, 5.74) is 0.0403. The van der Waals surface area contributed by atoms with E-state index in [1.54, 1.807) is 24.3 Å².